The second kappa shape index (κ2) is 8.78. The van der Waals surface area contributed by atoms with Gasteiger partial charge >= 0.3 is 6.09 Å². The number of rotatable bonds is 3. The minimum atomic E-state index is -0.489. The second-order valence-corrected chi connectivity index (χ2v) is 8.94. The Morgan fingerprint density at radius 1 is 1.04 bits per heavy atom. The van der Waals surface area contributed by atoms with Crippen molar-refractivity contribution >= 4 is 12.0 Å². The fraction of sp³-hybridized carbons (Fsp3) is 0.900. The third-order valence-corrected chi connectivity index (χ3v) is 5.62. The lowest BCUT2D eigenvalue weighted by atomic mass is 9.86. The predicted octanol–water partition coefficient (Wildman–Crippen LogP) is 2.48. The van der Waals surface area contributed by atoms with Crippen molar-refractivity contribution in [1.82, 2.24) is 10.2 Å². The van der Waals surface area contributed by atoms with E-state index in [9.17, 15) is 9.59 Å². The topological polar surface area (TPSA) is 77.1 Å². The molecule has 2 amide bonds. The fourth-order valence-electron chi connectivity index (χ4n) is 4.23. The maximum absolute atomic E-state index is 12.5. The van der Waals surface area contributed by atoms with E-state index in [0.717, 1.165) is 51.6 Å². The Morgan fingerprint density at radius 3 is 2.41 bits per heavy atom. The molecular formula is C20H34N2O5. The molecule has 0 aromatic rings. The molecule has 7 nitrogen and oxygen atoms in total. The highest BCUT2D eigenvalue weighted by Crippen LogP contribution is 2.29. The van der Waals surface area contributed by atoms with Gasteiger partial charge in [-0.3, -0.25) is 4.79 Å². The fourth-order valence-corrected chi connectivity index (χ4v) is 4.23. The van der Waals surface area contributed by atoms with Crippen molar-refractivity contribution in [1.29, 1.82) is 0 Å². The minimum Gasteiger partial charge on any atom is -0.444 e. The molecule has 3 aliphatic heterocycles. The van der Waals surface area contributed by atoms with Crippen molar-refractivity contribution in [3.05, 3.63) is 0 Å². The van der Waals surface area contributed by atoms with Gasteiger partial charge in [0.1, 0.15) is 11.7 Å². The van der Waals surface area contributed by atoms with E-state index in [1.54, 1.807) is 0 Å². The third kappa shape index (κ3) is 5.82. The lowest BCUT2D eigenvalue weighted by molar-refractivity contribution is -0.143. The van der Waals surface area contributed by atoms with Crippen molar-refractivity contribution in [3.63, 3.8) is 0 Å². The van der Waals surface area contributed by atoms with Gasteiger partial charge in [-0.2, -0.15) is 0 Å². The van der Waals surface area contributed by atoms with Crippen molar-refractivity contribution in [2.24, 2.45) is 5.92 Å². The van der Waals surface area contributed by atoms with Crippen LogP contribution in [0.3, 0.4) is 0 Å². The van der Waals surface area contributed by atoms with Crippen LogP contribution in [0.2, 0.25) is 0 Å². The zero-order valence-corrected chi connectivity index (χ0v) is 16.9. The molecule has 2 unspecified atom stereocenters. The summed E-state index contributed by atoms with van der Waals surface area (Å²) < 4.78 is 16.9. The van der Waals surface area contributed by atoms with Gasteiger partial charge in [-0.25, -0.2) is 4.79 Å². The first-order chi connectivity index (χ1) is 12.8. The van der Waals surface area contributed by atoms with E-state index in [1.807, 2.05) is 25.7 Å². The lowest BCUT2D eigenvalue weighted by Crippen LogP contribution is -2.49. The molecule has 0 spiro atoms. The van der Waals surface area contributed by atoms with E-state index < -0.39 is 5.60 Å². The molecule has 0 saturated carbocycles. The number of amides is 2. The molecule has 3 atom stereocenters. The molecule has 3 saturated heterocycles. The summed E-state index contributed by atoms with van der Waals surface area (Å²) in [5.74, 6) is 0.585. The summed E-state index contributed by atoms with van der Waals surface area (Å²) in [6.45, 7) is 8.50. The highest BCUT2D eigenvalue weighted by Gasteiger charge is 2.36. The van der Waals surface area contributed by atoms with Crippen molar-refractivity contribution < 1.29 is 23.8 Å². The molecule has 0 bridgehead atoms. The highest BCUT2D eigenvalue weighted by molar-refractivity contribution is 5.81. The van der Waals surface area contributed by atoms with Crippen LogP contribution in [0.15, 0.2) is 0 Å². The molecule has 3 heterocycles. The molecule has 0 aliphatic carbocycles. The lowest BCUT2D eigenvalue weighted by Gasteiger charge is -2.40. The minimum absolute atomic E-state index is 0.0881. The van der Waals surface area contributed by atoms with Gasteiger partial charge in [0.2, 0.25) is 0 Å². The number of hydrogen-bond acceptors (Lipinski definition) is 5. The largest absolute Gasteiger partial charge is 0.444 e. The number of likely N-dealkylation sites (tertiary alicyclic amines) is 1. The van der Waals surface area contributed by atoms with E-state index >= 15 is 0 Å². The van der Waals surface area contributed by atoms with Crippen LogP contribution >= 0.6 is 0 Å². The third-order valence-electron chi connectivity index (χ3n) is 5.62. The average Bonchev–Trinajstić information content (AvgIpc) is 3.14. The number of nitrogens with one attached hydrogen (secondary N) is 1. The summed E-state index contributed by atoms with van der Waals surface area (Å²) >= 11 is 0. The molecule has 154 valence electrons. The van der Waals surface area contributed by atoms with Gasteiger partial charge in [-0.05, 0) is 65.2 Å². The van der Waals surface area contributed by atoms with Crippen LogP contribution in [0.4, 0.5) is 4.79 Å². The van der Waals surface area contributed by atoms with Gasteiger partial charge in [0.15, 0.2) is 0 Å². The molecule has 1 N–H and O–H groups in total. The predicted molar refractivity (Wildman–Crippen MR) is 100 cm³/mol. The van der Waals surface area contributed by atoms with Crippen LogP contribution in [-0.2, 0) is 19.0 Å². The maximum atomic E-state index is 12.5. The number of ether oxygens (including phenoxy) is 3. The number of hydrogen-bond donors (Lipinski definition) is 1. The zero-order chi connectivity index (χ0) is 19.4. The molecular weight excluding hydrogens is 348 g/mol. The highest BCUT2D eigenvalue weighted by atomic mass is 16.6. The van der Waals surface area contributed by atoms with Crippen molar-refractivity contribution in [3.8, 4) is 0 Å². The van der Waals surface area contributed by atoms with E-state index in [2.05, 4.69) is 5.32 Å². The summed E-state index contributed by atoms with van der Waals surface area (Å²) in [5.41, 5.74) is -0.489. The van der Waals surface area contributed by atoms with Crippen LogP contribution in [0, 0.1) is 5.92 Å². The molecule has 0 aromatic heterocycles. The van der Waals surface area contributed by atoms with Gasteiger partial charge in [0, 0.05) is 32.3 Å². The standard InChI is InChI=1S/C20H34N2O5/c1-20(2,3)27-19(24)21-15-8-12-26-17(13-15)14-6-9-22(10-7-14)18(23)16-5-4-11-25-16/h14-17H,4-13H2,1-3H3,(H,21,24)/t15?,16-,17?/m0/s1. The first-order valence-corrected chi connectivity index (χ1v) is 10.3. The molecule has 27 heavy (non-hydrogen) atoms. The van der Waals surface area contributed by atoms with Crippen molar-refractivity contribution in [2.75, 3.05) is 26.3 Å². The van der Waals surface area contributed by atoms with Crippen LogP contribution in [0.5, 0.6) is 0 Å². The molecule has 3 aliphatic rings. The Morgan fingerprint density at radius 2 is 1.78 bits per heavy atom. The normalized spacial score (nSPS) is 30.2. The molecule has 7 heteroatoms. The summed E-state index contributed by atoms with van der Waals surface area (Å²) in [7, 11) is 0. The van der Waals surface area contributed by atoms with Crippen LogP contribution in [0.25, 0.3) is 0 Å². The Bertz CT molecular complexity index is 519. The van der Waals surface area contributed by atoms with Gasteiger partial charge in [-0.15, -0.1) is 0 Å². The number of carbonyl (C=O) groups excluding carboxylic acids is 2. The first-order valence-electron chi connectivity index (χ1n) is 10.3. The summed E-state index contributed by atoms with van der Waals surface area (Å²) in [4.78, 5) is 26.5. The Labute approximate surface area is 162 Å². The van der Waals surface area contributed by atoms with E-state index in [-0.39, 0.29) is 30.3 Å². The number of nitrogens with zero attached hydrogens (tertiary/aromatic N) is 1. The molecule has 3 fully saturated rings. The summed E-state index contributed by atoms with van der Waals surface area (Å²) in [6.07, 6.45) is 4.90. The molecule has 0 aromatic carbocycles. The van der Waals surface area contributed by atoms with Gasteiger partial charge in [-0.1, -0.05) is 0 Å². The quantitative estimate of drug-likeness (QED) is 0.811. The molecule has 3 rings (SSSR count). The number of carbonyl (C=O) groups is 2. The Kier molecular flexibility index (Phi) is 6.63. The van der Waals surface area contributed by atoms with Crippen LogP contribution in [-0.4, -0.2) is 67.1 Å². The van der Waals surface area contributed by atoms with E-state index in [1.165, 1.54) is 0 Å². The Hall–Kier alpha value is -1.34. The number of piperidine rings is 1. The molecule has 0 radical (unpaired) electrons. The monoisotopic (exact) mass is 382 g/mol. The maximum Gasteiger partial charge on any atom is 0.407 e. The summed E-state index contributed by atoms with van der Waals surface area (Å²) in [6, 6.07) is 0.0881. The Balaban J connectivity index is 1.44. The smallest absolute Gasteiger partial charge is 0.407 e. The SMILES string of the molecule is CC(C)(C)OC(=O)NC1CCOC(C2CCN(C(=O)[C@@H]3CCCO3)CC2)C1. The van der Waals surface area contributed by atoms with Crippen LogP contribution in [0.1, 0.15) is 59.3 Å². The van der Waals surface area contributed by atoms with Gasteiger partial charge < -0.3 is 24.4 Å². The van der Waals surface area contributed by atoms with Crippen LogP contribution < -0.4 is 5.32 Å². The van der Waals surface area contributed by atoms with Gasteiger partial charge in [0.25, 0.3) is 5.91 Å². The second-order valence-electron chi connectivity index (χ2n) is 8.94. The first kappa shape index (κ1) is 20.4. The van der Waals surface area contributed by atoms with Gasteiger partial charge in [0.05, 0.1) is 6.10 Å². The summed E-state index contributed by atoms with van der Waals surface area (Å²) in [5, 5.41) is 2.99. The van der Waals surface area contributed by atoms with E-state index in [0.29, 0.717) is 19.1 Å². The zero-order valence-electron chi connectivity index (χ0n) is 16.9. The average molecular weight is 383 g/mol. The number of alkyl carbamates (subject to hydrolysis) is 1. The van der Waals surface area contributed by atoms with E-state index in [4.69, 9.17) is 14.2 Å². The van der Waals surface area contributed by atoms with Crippen molar-refractivity contribution in [2.45, 2.75) is 83.1 Å².